The molecule has 0 aliphatic heterocycles. The van der Waals surface area contributed by atoms with Gasteiger partial charge in [-0.25, -0.2) is 4.79 Å². The number of carboxylic acid groups (broad SMARTS) is 1. The summed E-state index contributed by atoms with van der Waals surface area (Å²) in [6.45, 7) is 9.30. The van der Waals surface area contributed by atoms with Crippen molar-refractivity contribution in [1.82, 2.24) is 15.5 Å². The van der Waals surface area contributed by atoms with E-state index in [9.17, 15) is 24.9 Å². The Morgan fingerprint density at radius 2 is 1.26 bits per heavy atom. The van der Waals surface area contributed by atoms with Crippen molar-refractivity contribution in [2.45, 2.75) is 89.5 Å². The molecule has 0 aliphatic carbocycles. The van der Waals surface area contributed by atoms with E-state index in [0.29, 0.717) is 13.0 Å². The number of nitrogens with one attached hydrogen (secondary N) is 2. The molecule has 0 spiro atoms. The molecule has 3 rings (SSSR count). The largest absolute Gasteiger partial charge is 0.530 e. The molecule has 10 nitrogen and oxygen atoms in total. The van der Waals surface area contributed by atoms with Crippen LogP contribution in [0.1, 0.15) is 51.3 Å². The molecule has 3 aromatic rings. The minimum atomic E-state index is -1.38. The molecule has 0 heterocycles. The molecule has 3 aromatic carbocycles. The van der Waals surface area contributed by atoms with E-state index in [1.54, 1.807) is 34.6 Å². The number of amides is 2. The molecule has 0 aliphatic rings. The molecule has 47 heavy (non-hydrogen) atoms. The SMILES string of the molecule is CC(C)(COCc1ccccc1)OC(=O)N[C@@H](Cc1ccccc1)[C@H](O)CNC[C@@H](O)[C@H](Cc1ccccc1)N(C(=O)[O-])C(C)(C)C. The number of hydrogen-bond acceptors (Lipinski definition) is 8. The molecule has 0 unspecified atom stereocenters. The van der Waals surface area contributed by atoms with E-state index in [-0.39, 0.29) is 26.1 Å². The van der Waals surface area contributed by atoms with Gasteiger partial charge in [0, 0.05) is 18.6 Å². The first-order chi connectivity index (χ1) is 22.2. The topological polar surface area (TPSA) is 143 Å². The van der Waals surface area contributed by atoms with Crippen LogP contribution in [0.2, 0.25) is 0 Å². The van der Waals surface area contributed by atoms with Crippen LogP contribution < -0.4 is 15.7 Å². The number of carbonyl (C=O) groups excluding carboxylic acids is 2. The Balaban J connectivity index is 1.64. The van der Waals surface area contributed by atoms with Gasteiger partial charge in [0.05, 0.1) is 37.5 Å². The first-order valence-corrected chi connectivity index (χ1v) is 16.0. The van der Waals surface area contributed by atoms with Crippen LogP contribution in [-0.2, 0) is 28.9 Å². The highest BCUT2D eigenvalue weighted by molar-refractivity contribution is 5.68. The molecule has 256 valence electrons. The maximum Gasteiger partial charge on any atom is 0.408 e. The van der Waals surface area contributed by atoms with Crippen molar-refractivity contribution in [3.63, 3.8) is 0 Å². The molecule has 0 fully saturated rings. The Labute approximate surface area is 278 Å². The molecule has 0 radical (unpaired) electrons. The Morgan fingerprint density at radius 1 is 0.766 bits per heavy atom. The van der Waals surface area contributed by atoms with Crippen LogP contribution in [0.25, 0.3) is 0 Å². The fourth-order valence-electron chi connectivity index (χ4n) is 5.42. The quantitative estimate of drug-likeness (QED) is 0.174. The highest BCUT2D eigenvalue weighted by Gasteiger charge is 2.34. The number of hydrogen-bond donors (Lipinski definition) is 4. The van der Waals surface area contributed by atoms with E-state index in [2.05, 4.69) is 10.6 Å². The van der Waals surface area contributed by atoms with Gasteiger partial charge >= 0.3 is 6.09 Å². The van der Waals surface area contributed by atoms with E-state index in [4.69, 9.17) is 9.47 Å². The molecule has 0 aromatic heterocycles. The van der Waals surface area contributed by atoms with Crippen molar-refractivity contribution < 1.29 is 34.4 Å². The van der Waals surface area contributed by atoms with Gasteiger partial charge < -0.3 is 45.1 Å². The Hall–Kier alpha value is -3.96. The van der Waals surface area contributed by atoms with Crippen molar-refractivity contribution in [3.05, 3.63) is 108 Å². The average molecular weight is 649 g/mol. The van der Waals surface area contributed by atoms with Gasteiger partial charge in [-0.15, -0.1) is 0 Å². The Kier molecular flexibility index (Phi) is 14.2. The highest BCUT2D eigenvalue weighted by atomic mass is 16.6. The van der Waals surface area contributed by atoms with Crippen LogP contribution in [-0.4, -0.2) is 82.4 Å². The summed E-state index contributed by atoms with van der Waals surface area (Å²) in [5.74, 6) is 0. The molecular formula is C37H50N3O7-. The molecule has 10 heteroatoms. The van der Waals surface area contributed by atoms with Crippen molar-refractivity contribution in [3.8, 4) is 0 Å². The van der Waals surface area contributed by atoms with Gasteiger partial charge in [-0.2, -0.15) is 0 Å². The lowest BCUT2D eigenvalue weighted by Crippen LogP contribution is -2.62. The van der Waals surface area contributed by atoms with Crippen molar-refractivity contribution in [2.24, 2.45) is 0 Å². The van der Waals surface area contributed by atoms with Gasteiger partial charge in [0.15, 0.2) is 0 Å². The summed E-state index contributed by atoms with van der Waals surface area (Å²) in [7, 11) is 0. The van der Waals surface area contributed by atoms with Crippen molar-refractivity contribution in [2.75, 3.05) is 19.7 Å². The number of carbonyl (C=O) groups is 2. The van der Waals surface area contributed by atoms with Gasteiger partial charge in [-0.1, -0.05) is 91.0 Å². The lowest BCUT2D eigenvalue weighted by molar-refractivity contribution is -0.275. The van der Waals surface area contributed by atoms with Gasteiger partial charge in [0.2, 0.25) is 0 Å². The fraction of sp³-hybridized carbons (Fsp3) is 0.459. The first kappa shape index (κ1) is 37.5. The van der Waals surface area contributed by atoms with Crippen LogP contribution in [0.3, 0.4) is 0 Å². The first-order valence-electron chi connectivity index (χ1n) is 16.0. The molecular weight excluding hydrogens is 598 g/mol. The third-order valence-electron chi connectivity index (χ3n) is 7.69. The van der Waals surface area contributed by atoms with Crippen LogP contribution in [0, 0.1) is 0 Å². The number of benzene rings is 3. The molecule has 4 atom stereocenters. The number of ether oxygens (including phenoxy) is 2. The molecule has 0 bridgehead atoms. The standard InChI is InChI=1S/C37H51N3O7/c1-36(2,3)40(35(44)45)31(22-28-17-11-7-12-18-28)33(42)24-38-23-32(41)30(21-27-15-9-6-10-16-27)39-34(43)47-37(4,5)26-46-25-29-19-13-8-14-20-29/h6-20,30-33,38,41-42H,21-26H2,1-5H3,(H,39,43)(H,44,45)/p-1/t30-,31-,32+,33+/m0/s1. The summed E-state index contributed by atoms with van der Waals surface area (Å²) >= 11 is 0. The molecule has 4 N–H and O–H groups in total. The summed E-state index contributed by atoms with van der Waals surface area (Å²) in [6, 6.07) is 26.9. The smallest absolute Gasteiger partial charge is 0.408 e. The normalized spacial score (nSPS) is 14.4. The second kappa shape index (κ2) is 17.8. The zero-order chi connectivity index (χ0) is 34.5. The van der Waals surface area contributed by atoms with Crippen molar-refractivity contribution >= 4 is 12.2 Å². The van der Waals surface area contributed by atoms with Gasteiger partial charge in [0.25, 0.3) is 0 Å². The summed E-state index contributed by atoms with van der Waals surface area (Å²) in [4.78, 5) is 26.5. The maximum atomic E-state index is 13.0. The number of alkyl carbamates (subject to hydrolysis) is 1. The van der Waals surface area contributed by atoms with E-state index in [1.165, 1.54) is 4.90 Å². The average Bonchev–Trinajstić information content (AvgIpc) is 3.00. The van der Waals surface area contributed by atoms with E-state index < -0.39 is 47.6 Å². The van der Waals surface area contributed by atoms with Crippen LogP contribution in [0.4, 0.5) is 9.59 Å². The van der Waals surface area contributed by atoms with Crippen LogP contribution in [0.15, 0.2) is 91.0 Å². The van der Waals surface area contributed by atoms with Crippen LogP contribution in [0.5, 0.6) is 0 Å². The second-order valence-electron chi connectivity index (χ2n) is 13.4. The summed E-state index contributed by atoms with van der Waals surface area (Å²) in [6.07, 6.45) is -3.67. The van der Waals surface area contributed by atoms with Gasteiger partial charge in [-0.3, -0.25) is 0 Å². The summed E-state index contributed by atoms with van der Waals surface area (Å²) in [5.41, 5.74) is 1.01. The molecule has 0 saturated heterocycles. The predicted octanol–water partition coefficient (Wildman–Crippen LogP) is 3.69. The number of aliphatic hydroxyl groups excluding tert-OH is 2. The minimum absolute atomic E-state index is 0.0112. The third-order valence-corrected chi connectivity index (χ3v) is 7.69. The zero-order valence-corrected chi connectivity index (χ0v) is 28.1. The monoisotopic (exact) mass is 648 g/mol. The fourth-order valence-corrected chi connectivity index (χ4v) is 5.42. The summed E-state index contributed by atoms with van der Waals surface area (Å²) in [5, 5.41) is 40.6. The lowest BCUT2D eigenvalue weighted by atomic mass is 9.94. The van der Waals surface area contributed by atoms with Gasteiger partial charge in [-0.05, 0) is 64.2 Å². The summed E-state index contributed by atoms with van der Waals surface area (Å²) < 4.78 is 11.5. The van der Waals surface area contributed by atoms with E-state index >= 15 is 0 Å². The Morgan fingerprint density at radius 3 is 1.77 bits per heavy atom. The van der Waals surface area contributed by atoms with Crippen LogP contribution >= 0.6 is 0 Å². The number of aliphatic hydroxyl groups is 2. The van der Waals surface area contributed by atoms with E-state index in [0.717, 1.165) is 16.7 Å². The number of rotatable bonds is 17. The predicted molar refractivity (Wildman–Crippen MR) is 180 cm³/mol. The zero-order valence-electron chi connectivity index (χ0n) is 28.1. The number of nitrogens with zero attached hydrogens (tertiary/aromatic N) is 1. The highest BCUT2D eigenvalue weighted by Crippen LogP contribution is 2.22. The molecule has 0 saturated carbocycles. The second-order valence-corrected chi connectivity index (χ2v) is 13.4. The van der Waals surface area contributed by atoms with Gasteiger partial charge in [0.1, 0.15) is 11.7 Å². The Bertz CT molecular complexity index is 1350. The lowest BCUT2D eigenvalue weighted by Gasteiger charge is -2.45. The van der Waals surface area contributed by atoms with Crippen molar-refractivity contribution in [1.29, 1.82) is 0 Å². The molecule has 2 amide bonds. The van der Waals surface area contributed by atoms with E-state index in [1.807, 2.05) is 91.0 Å². The minimum Gasteiger partial charge on any atom is -0.530 e. The maximum absolute atomic E-state index is 13.0. The third kappa shape index (κ3) is 13.0.